The monoisotopic (exact) mass is 503 g/mol. The lowest BCUT2D eigenvalue weighted by molar-refractivity contribution is -0.155. The van der Waals surface area contributed by atoms with Crippen LogP contribution in [0.2, 0.25) is 0 Å². The van der Waals surface area contributed by atoms with E-state index in [2.05, 4.69) is 15.2 Å². The highest BCUT2D eigenvalue weighted by atomic mass is 16.6. The Bertz CT molecular complexity index is 984. The molecule has 2 aliphatic rings. The van der Waals surface area contributed by atoms with E-state index in [0.717, 1.165) is 31.5 Å². The van der Waals surface area contributed by atoms with Crippen molar-refractivity contribution >= 4 is 29.6 Å². The van der Waals surface area contributed by atoms with Gasteiger partial charge < -0.3 is 24.8 Å². The zero-order valence-electron chi connectivity index (χ0n) is 21.5. The van der Waals surface area contributed by atoms with Gasteiger partial charge in [0.05, 0.1) is 24.9 Å². The highest BCUT2D eigenvalue weighted by Crippen LogP contribution is 2.30. The lowest BCUT2D eigenvalue weighted by Crippen LogP contribution is -2.48. The average molecular weight is 504 g/mol. The predicted molar refractivity (Wildman–Crippen MR) is 134 cm³/mol. The highest BCUT2D eigenvalue weighted by molar-refractivity contribution is 5.97. The molecule has 1 unspecified atom stereocenters. The number of ether oxygens (including phenoxy) is 3. The number of hydrogen-bond donors (Lipinski definition) is 2. The van der Waals surface area contributed by atoms with Gasteiger partial charge in [0.15, 0.2) is 0 Å². The average Bonchev–Trinajstić information content (AvgIpc) is 3.30. The Labute approximate surface area is 211 Å². The Balaban J connectivity index is 1.70. The Morgan fingerprint density at radius 2 is 1.92 bits per heavy atom. The molecule has 36 heavy (non-hydrogen) atoms. The Hall–Kier alpha value is -3.34. The number of likely N-dealkylation sites (tertiary alicyclic amines) is 1. The molecular weight excluding hydrogens is 466 g/mol. The van der Waals surface area contributed by atoms with Gasteiger partial charge in [0.1, 0.15) is 17.9 Å². The minimum absolute atomic E-state index is 0.0921. The molecule has 1 aromatic carbocycles. The molecule has 2 heterocycles. The van der Waals surface area contributed by atoms with Gasteiger partial charge in [-0.2, -0.15) is 0 Å². The summed E-state index contributed by atoms with van der Waals surface area (Å²) in [6.07, 6.45) is 1.97. The van der Waals surface area contributed by atoms with Gasteiger partial charge in [0.25, 0.3) is 0 Å². The third-order valence-electron chi connectivity index (χ3n) is 5.74. The summed E-state index contributed by atoms with van der Waals surface area (Å²) in [6, 6.07) is 5.11. The zero-order valence-corrected chi connectivity index (χ0v) is 21.5. The van der Waals surface area contributed by atoms with E-state index >= 15 is 0 Å². The van der Waals surface area contributed by atoms with E-state index in [9.17, 15) is 14.4 Å². The van der Waals surface area contributed by atoms with E-state index in [1.54, 1.807) is 38.7 Å². The van der Waals surface area contributed by atoms with Crippen molar-refractivity contribution in [3.8, 4) is 5.75 Å². The second-order valence-corrected chi connectivity index (χ2v) is 9.81. The maximum Gasteiger partial charge on any atom is 0.413 e. The van der Waals surface area contributed by atoms with Crippen LogP contribution < -0.4 is 15.8 Å². The number of benzene rings is 1. The summed E-state index contributed by atoms with van der Waals surface area (Å²) in [5, 5.41) is 2.61. The minimum atomic E-state index is -0.666. The van der Waals surface area contributed by atoms with Crippen LogP contribution in [-0.4, -0.2) is 78.2 Å². The maximum absolute atomic E-state index is 12.4. The summed E-state index contributed by atoms with van der Waals surface area (Å²) >= 11 is 0. The molecule has 0 aromatic heterocycles. The molecule has 2 aliphatic heterocycles. The summed E-state index contributed by atoms with van der Waals surface area (Å²) in [6.45, 7) is 9.58. The number of esters is 1. The number of nitrogens with zero attached hydrogens (tertiary/aromatic N) is 3. The van der Waals surface area contributed by atoms with Gasteiger partial charge in [0, 0.05) is 19.0 Å². The maximum atomic E-state index is 12.4. The SMILES string of the molecule is CCOC(=O)NC1=Nc2cc(OCCC(C(N)=O)N3CCCC3)ccc2CN1CC(=O)OC(C)(C)C. The summed E-state index contributed by atoms with van der Waals surface area (Å²) in [5.74, 6) is -0.00780. The molecule has 1 fully saturated rings. The number of nitrogens with two attached hydrogens (primary N) is 1. The fourth-order valence-corrected chi connectivity index (χ4v) is 4.21. The number of carbonyl (C=O) groups is 3. The van der Waals surface area contributed by atoms with Crippen molar-refractivity contribution in [1.82, 2.24) is 15.1 Å². The highest BCUT2D eigenvalue weighted by Gasteiger charge is 2.28. The number of primary amides is 1. The number of guanidine groups is 1. The molecule has 1 atom stereocenters. The number of rotatable bonds is 9. The number of amides is 2. The number of hydrogen-bond acceptors (Lipinski definition) is 9. The van der Waals surface area contributed by atoms with Crippen LogP contribution in [0.1, 0.15) is 52.5 Å². The van der Waals surface area contributed by atoms with Gasteiger partial charge in [0.2, 0.25) is 11.9 Å². The van der Waals surface area contributed by atoms with Gasteiger partial charge in [-0.1, -0.05) is 6.07 Å². The first-order chi connectivity index (χ1) is 17.1. The molecule has 0 bridgehead atoms. The normalized spacial score (nSPS) is 16.6. The third kappa shape index (κ3) is 7.84. The van der Waals surface area contributed by atoms with Crippen LogP contribution in [0.4, 0.5) is 10.5 Å². The van der Waals surface area contributed by atoms with Crippen LogP contribution in [0.3, 0.4) is 0 Å². The van der Waals surface area contributed by atoms with E-state index in [1.165, 1.54) is 0 Å². The molecular formula is C25H37N5O6. The van der Waals surface area contributed by atoms with Crippen LogP contribution in [0.15, 0.2) is 23.2 Å². The first-order valence-corrected chi connectivity index (χ1v) is 12.3. The fraction of sp³-hybridized carbons (Fsp3) is 0.600. The molecule has 1 saturated heterocycles. The van der Waals surface area contributed by atoms with Gasteiger partial charge in [-0.3, -0.25) is 19.8 Å². The van der Waals surface area contributed by atoms with Crippen molar-refractivity contribution < 1.29 is 28.6 Å². The van der Waals surface area contributed by atoms with Crippen LogP contribution in [-0.2, 0) is 25.6 Å². The quantitative estimate of drug-likeness (QED) is 0.490. The van der Waals surface area contributed by atoms with Crippen molar-refractivity contribution in [3.05, 3.63) is 23.8 Å². The van der Waals surface area contributed by atoms with Crippen molar-refractivity contribution in [1.29, 1.82) is 0 Å². The summed E-state index contributed by atoms with van der Waals surface area (Å²) in [5.41, 5.74) is 6.43. The minimum Gasteiger partial charge on any atom is -0.493 e. The van der Waals surface area contributed by atoms with E-state index in [4.69, 9.17) is 19.9 Å². The molecule has 0 radical (unpaired) electrons. The predicted octanol–water partition coefficient (Wildman–Crippen LogP) is 2.30. The number of aliphatic imine (C=N–C) groups is 1. The summed E-state index contributed by atoms with van der Waals surface area (Å²) in [4.78, 5) is 44.7. The molecule has 3 N–H and O–H groups in total. The molecule has 0 aliphatic carbocycles. The summed E-state index contributed by atoms with van der Waals surface area (Å²) < 4.78 is 16.3. The molecule has 2 amide bonds. The fourth-order valence-electron chi connectivity index (χ4n) is 4.21. The van der Waals surface area contributed by atoms with E-state index < -0.39 is 17.7 Å². The van der Waals surface area contributed by atoms with Crippen molar-refractivity contribution in [2.24, 2.45) is 10.7 Å². The molecule has 0 saturated carbocycles. The van der Waals surface area contributed by atoms with Crippen molar-refractivity contribution in [3.63, 3.8) is 0 Å². The Kier molecular flexibility index (Phi) is 9.14. The Morgan fingerprint density at radius 3 is 2.56 bits per heavy atom. The van der Waals surface area contributed by atoms with E-state index in [-0.39, 0.29) is 31.1 Å². The van der Waals surface area contributed by atoms with Crippen LogP contribution in [0.5, 0.6) is 5.75 Å². The first-order valence-electron chi connectivity index (χ1n) is 12.3. The molecule has 1 aromatic rings. The lowest BCUT2D eigenvalue weighted by Gasteiger charge is -2.30. The molecule has 11 nitrogen and oxygen atoms in total. The molecule has 11 heteroatoms. The van der Waals surface area contributed by atoms with Gasteiger partial charge >= 0.3 is 12.1 Å². The van der Waals surface area contributed by atoms with Gasteiger partial charge in [-0.15, -0.1) is 0 Å². The van der Waals surface area contributed by atoms with Crippen molar-refractivity contribution in [2.75, 3.05) is 32.8 Å². The summed E-state index contributed by atoms with van der Waals surface area (Å²) in [7, 11) is 0. The van der Waals surface area contributed by atoms with Crippen molar-refractivity contribution in [2.45, 2.75) is 65.1 Å². The van der Waals surface area contributed by atoms with Gasteiger partial charge in [-0.05, 0) is 65.3 Å². The van der Waals surface area contributed by atoms with E-state index in [0.29, 0.717) is 31.0 Å². The van der Waals surface area contributed by atoms with Crippen LogP contribution in [0, 0.1) is 0 Å². The lowest BCUT2D eigenvalue weighted by atomic mass is 10.1. The van der Waals surface area contributed by atoms with E-state index in [1.807, 2.05) is 12.1 Å². The second kappa shape index (κ2) is 12.1. The topological polar surface area (TPSA) is 136 Å². The molecule has 3 rings (SSSR count). The smallest absolute Gasteiger partial charge is 0.413 e. The third-order valence-corrected chi connectivity index (χ3v) is 5.74. The second-order valence-electron chi connectivity index (χ2n) is 9.81. The number of carbonyl (C=O) groups excluding carboxylic acids is 3. The Morgan fingerprint density at radius 1 is 1.19 bits per heavy atom. The number of alkyl carbamates (subject to hydrolysis) is 1. The standard InChI is InChI=1S/C25H37N5O6/c1-5-34-24(33)28-23-27-19-14-18(35-13-10-20(22(26)32)29-11-6-7-12-29)9-8-17(19)15-30(23)16-21(31)36-25(2,3)4/h8-9,14,20H,5-7,10-13,15-16H2,1-4H3,(H2,26,32)(H,27,28,33). The zero-order chi connectivity index (χ0) is 26.3. The number of nitrogens with one attached hydrogen (secondary N) is 1. The van der Waals surface area contributed by atoms with Crippen LogP contribution in [0.25, 0.3) is 0 Å². The molecule has 0 spiro atoms. The largest absolute Gasteiger partial charge is 0.493 e. The molecule has 198 valence electrons. The number of fused-ring (bicyclic) bond motifs is 1. The first kappa shape index (κ1) is 27.3. The van der Waals surface area contributed by atoms with Crippen LogP contribution >= 0.6 is 0 Å². The van der Waals surface area contributed by atoms with Gasteiger partial charge in [-0.25, -0.2) is 9.79 Å².